The average molecular weight is 357 g/mol. The van der Waals surface area contributed by atoms with Crippen LogP contribution in [0, 0.1) is 6.92 Å². The second kappa shape index (κ2) is 5.85. The number of hydrogen-bond donors (Lipinski definition) is 0. The van der Waals surface area contributed by atoms with Gasteiger partial charge in [0.25, 0.3) is 0 Å². The Bertz CT molecular complexity index is 708. The van der Waals surface area contributed by atoms with Gasteiger partial charge in [-0.3, -0.25) is 0 Å². The highest BCUT2D eigenvalue weighted by atomic mass is 79.9. The van der Waals surface area contributed by atoms with Gasteiger partial charge < -0.3 is 8.92 Å². The molecular formula is C14H13BrO4S. The van der Waals surface area contributed by atoms with Crippen molar-refractivity contribution < 1.29 is 17.3 Å². The van der Waals surface area contributed by atoms with Crippen LogP contribution in [0.2, 0.25) is 0 Å². The standard InChI is InChI=1S/C14H13BrO4S/c1-10-3-6-12(7-4-10)20(16,17)19-14-9-11(15)5-8-13(14)18-2/h3-9H,1-2H3. The molecule has 0 bridgehead atoms. The summed E-state index contributed by atoms with van der Waals surface area (Å²) in [4.78, 5) is 0.102. The summed E-state index contributed by atoms with van der Waals surface area (Å²) in [5, 5.41) is 0. The summed E-state index contributed by atoms with van der Waals surface area (Å²) in [6.45, 7) is 1.88. The van der Waals surface area contributed by atoms with Crippen molar-refractivity contribution in [3.05, 3.63) is 52.5 Å². The lowest BCUT2D eigenvalue weighted by Crippen LogP contribution is -2.10. The number of benzene rings is 2. The van der Waals surface area contributed by atoms with E-state index in [9.17, 15) is 8.42 Å². The van der Waals surface area contributed by atoms with E-state index >= 15 is 0 Å². The van der Waals surface area contributed by atoms with E-state index < -0.39 is 10.1 Å². The Balaban J connectivity index is 2.37. The molecule has 0 amide bonds. The van der Waals surface area contributed by atoms with E-state index in [2.05, 4.69) is 15.9 Å². The first-order valence-corrected chi connectivity index (χ1v) is 7.97. The van der Waals surface area contributed by atoms with Crippen molar-refractivity contribution in [1.82, 2.24) is 0 Å². The maximum atomic E-state index is 12.2. The van der Waals surface area contributed by atoms with E-state index in [4.69, 9.17) is 8.92 Å². The molecule has 0 unspecified atom stereocenters. The number of rotatable bonds is 4. The number of methoxy groups -OCH3 is 1. The third kappa shape index (κ3) is 3.32. The highest BCUT2D eigenvalue weighted by Gasteiger charge is 2.19. The van der Waals surface area contributed by atoms with Gasteiger partial charge in [0, 0.05) is 4.47 Å². The number of halogens is 1. The van der Waals surface area contributed by atoms with Gasteiger partial charge in [-0.25, -0.2) is 0 Å². The fourth-order valence-electron chi connectivity index (χ4n) is 1.59. The zero-order valence-electron chi connectivity index (χ0n) is 11.0. The van der Waals surface area contributed by atoms with Crippen LogP contribution in [-0.4, -0.2) is 15.5 Å². The minimum atomic E-state index is -3.88. The Morgan fingerprint density at radius 3 is 2.25 bits per heavy atom. The van der Waals surface area contributed by atoms with Crippen molar-refractivity contribution in [2.45, 2.75) is 11.8 Å². The van der Waals surface area contributed by atoms with Crippen molar-refractivity contribution in [2.24, 2.45) is 0 Å². The molecule has 0 heterocycles. The third-order valence-electron chi connectivity index (χ3n) is 2.63. The molecule has 0 aliphatic carbocycles. The molecular weight excluding hydrogens is 344 g/mol. The molecule has 0 aromatic heterocycles. The fraction of sp³-hybridized carbons (Fsp3) is 0.143. The maximum Gasteiger partial charge on any atom is 0.339 e. The first kappa shape index (κ1) is 14.9. The molecule has 0 saturated heterocycles. The van der Waals surface area contributed by atoms with Gasteiger partial charge in [0.2, 0.25) is 0 Å². The second-order valence-electron chi connectivity index (χ2n) is 4.15. The van der Waals surface area contributed by atoms with Crippen LogP contribution < -0.4 is 8.92 Å². The zero-order chi connectivity index (χ0) is 14.8. The van der Waals surface area contributed by atoms with Crippen molar-refractivity contribution >= 4 is 26.0 Å². The van der Waals surface area contributed by atoms with Crippen LogP contribution in [0.1, 0.15) is 5.56 Å². The van der Waals surface area contributed by atoms with E-state index in [-0.39, 0.29) is 10.6 Å². The minimum absolute atomic E-state index is 0.102. The van der Waals surface area contributed by atoms with Crippen molar-refractivity contribution in [3.63, 3.8) is 0 Å². The fourth-order valence-corrected chi connectivity index (χ4v) is 2.86. The highest BCUT2D eigenvalue weighted by Crippen LogP contribution is 2.32. The number of aryl methyl sites for hydroxylation is 1. The summed E-state index contributed by atoms with van der Waals surface area (Å²) in [5.41, 5.74) is 0.976. The van der Waals surface area contributed by atoms with Crippen LogP contribution in [0.25, 0.3) is 0 Å². The quantitative estimate of drug-likeness (QED) is 0.786. The topological polar surface area (TPSA) is 52.6 Å². The normalized spacial score (nSPS) is 11.2. The van der Waals surface area contributed by atoms with Gasteiger partial charge in [-0.05, 0) is 37.3 Å². The van der Waals surface area contributed by atoms with Crippen LogP contribution in [0.3, 0.4) is 0 Å². The predicted molar refractivity (Wildman–Crippen MR) is 79.7 cm³/mol. The summed E-state index contributed by atoms with van der Waals surface area (Å²) < 4.78 is 35.3. The number of ether oxygens (including phenoxy) is 1. The molecule has 4 nitrogen and oxygen atoms in total. The van der Waals surface area contributed by atoms with E-state index in [0.717, 1.165) is 5.56 Å². The van der Waals surface area contributed by atoms with E-state index in [1.165, 1.54) is 19.2 Å². The lowest BCUT2D eigenvalue weighted by Gasteiger charge is -2.11. The Hall–Kier alpha value is -1.53. The minimum Gasteiger partial charge on any atom is -0.493 e. The van der Waals surface area contributed by atoms with Gasteiger partial charge in [-0.1, -0.05) is 33.6 Å². The predicted octanol–water partition coefficient (Wildman–Crippen LogP) is 3.53. The highest BCUT2D eigenvalue weighted by molar-refractivity contribution is 9.10. The van der Waals surface area contributed by atoms with E-state index in [1.807, 2.05) is 6.92 Å². The largest absolute Gasteiger partial charge is 0.493 e. The smallest absolute Gasteiger partial charge is 0.339 e. The summed E-state index contributed by atoms with van der Waals surface area (Å²) >= 11 is 3.27. The van der Waals surface area contributed by atoms with Crippen LogP contribution >= 0.6 is 15.9 Å². The van der Waals surface area contributed by atoms with Crippen molar-refractivity contribution in [2.75, 3.05) is 7.11 Å². The number of hydrogen-bond acceptors (Lipinski definition) is 4. The van der Waals surface area contributed by atoms with Gasteiger partial charge in [0.15, 0.2) is 11.5 Å². The molecule has 0 aliphatic heterocycles. The lowest BCUT2D eigenvalue weighted by atomic mass is 10.2. The average Bonchev–Trinajstić information content (AvgIpc) is 2.39. The third-order valence-corrected chi connectivity index (χ3v) is 4.38. The van der Waals surface area contributed by atoms with Crippen molar-refractivity contribution in [1.29, 1.82) is 0 Å². The summed E-state index contributed by atoms with van der Waals surface area (Å²) in [6.07, 6.45) is 0. The van der Waals surface area contributed by atoms with Gasteiger partial charge in [0.05, 0.1) is 7.11 Å². The van der Waals surface area contributed by atoms with Crippen molar-refractivity contribution in [3.8, 4) is 11.5 Å². The zero-order valence-corrected chi connectivity index (χ0v) is 13.4. The summed E-state index contributed by atoms with van der Waals surface area (Å²) in [7, 11) is -2.43. The first-order valence-electron chi connectivity index (χ1n) is 5.77. The van der Waals surface area contributed by atoms with E-state index in [1.54, 1.807) is 30.3 Å². The molecule has 6 heteroatoms. The molecule has 106 valence electrons. The molecule has 0 atom stereocenters. The van der Waals surface area contributed by atoms with Gasteiger partial charge >= 0.3 is 10.1 Å². The van der Waals surface area contributed by atoms with Gasteiger partial charge in [-0.2, -0.15) is 8.42 Å². The molecule has 2 rings (SSSR count). The van der Waals surface area contributed by atoms with Gasteiger partial charge in [0.1, 0.15) is 4.90 Å². The Morgan fingerprint density at radius 2 is 1.65 bits per heavy atom. The summed E-state index contributed by atoms with van der Waals surface area (Å²) in [6, 6.07) is 11.4. The van der Waals surface area contributed by atoms with Crippen LogP contribution in [0.5, 0.6) is 11.5 Å². The van der Waals surface area contributed by atoms with Gasteiger partial charge in [-0.15, -0.1) is 0 Å². The van der Waals surface area contributed by atoms with Crippen LogP contribution in [0.4, 0.5) is 0 Å². The molecule has 20 heavy (non-hydrogen) atoms. The molecule has 0 fully saturated rings. The monoisotopic (exact) mass is 356 g/mol. The molecule has 2 aromatic rings. The SMILES string of the molecule is COc1ccc(Br)cc1OS(=O)(=O)c1ccc(C)cc1. The molecule has 0 radical (unpaired) electrons. The Labute approximate surface area is 126 Å². The molecule has 0 N–H and O–H groups in total. The molecule has 0 saturated carbocycles. The maximum absolute atomic E-state index is 12.2. The van der Waals surface area contributed by atoms with E-state index in [0.29, 0.717) is 10.2 Å². The first-order chi connectivity index (χ1) is 9.42. The van der Waals surface area contributed by atoms with Crippen LogP contribution in [0.15, 0.2) is 51.8 Å². The molecule has 0 aliphatic rings. The Morgan fingerprint density at radius 1 is 1.00 bits per heavy atom. The lowest BCUT2D eigenvalue weighted by molar-refractivity contribution is 0.390. The van der Waals surface area contributed by atoms with Crippen LogP contribution in [-0.2, 0) is 10.1 Å². The molecule has 2 aromatic carbocycles. The summed E-state index contributed by atoms with van der Waals surface area (Å²) in [5.74, 6) is 0.492. The molecule has 0 spiro atoms. The Kier molecular flexibility index (Phi) is 4.35. The second-order valence-corrected chi connectivity index (χ2v) is 6.61.